The molecule has 2 nitrogen and oxygen atoms in total. The second kappa shape index (κ2) is 3.82. The molecule has 0 aromatic carbocycles. The highest BCUT2D eigenvalue weighted by Gasteiger charge is 2.17. The highest BCUT2D eigenvalue weighted by Crippen LogP contribution is 2.31. The van der Waals surface area contributed by atoms with Crippen LogP contribution in [0, 0.1) is 5.92 Å². The van der Waals surface area contributed by atoms with Gasteiger partial charge in [-0.05, 0) is 18.4 Å². The van der Waals surface area contributed by atoms with Crippen LogP contribution in [-0.2, 0) is 9.53 Å². The van der Waals surface area contributed by atoms with Gasteiger partial charge in [0.2, 0.25) is 0 Å². The van der Waals surface area contributed by atoms with E-state index in [1.165, 1.54) is 18.1 Å². The van der Waals surface area contributed by atoms with E-state index < -0.39 is 0 Å². The van der Waals surface area contributed by atoms with Crippen molar-refractivity contribution in [3.8, 4) is 0 Å². The van der Waals surface area contributed by atoms with Crippen molar-refractivity contribution in [3.05, 3.63) is 35.5 Å². The maximum Gasteiger partial charge on any atom is 0.302 e. The zero-order chi connectivity index (χ0) is 9.97. The molecule has 2 rings (SSSR count). The molecule has 0 aromatic heterocycles. The Morgan fingerprint density at radius 1 is 1.57 bits per heavy atom. The Morgan fingerprint density at radius 3 is 3.21 bits per heavy atom. The quantitative estimate of drug-likeness (QED) is 0.625. The van der Waals surface area contributed by atoms with E-state index in [1.807, 2.05) is 0 Å². The van der Waals surface area contributed by atoms with E-state index >= 15 is 0 Å². The number of allylic oxidation sites excluding steroid dienone is 5. The average Bonchev–Trinajstić information content (AvgIpc) is 2.61. The van der Waals surface area contributed by atoms with Gasteiger partial charge in [-0.1, -0.05) is 29.9 Å². The zero-order valence-corrected chi connectivity index (χ0v) is 8.32. The zero-order valence-electron chi connectivity index (χ0n) is 8.32. The first-order valence-corrected chi connectivity index (χ1v) is 4.96. The van der Waals surface area contributed by atoms with Gasteiger partial charge in [0, 0.05) is 12.8 Å². The first kappa shape index (κ1) is 9.25. The Balaban J connectivity index is 1.90. The maximum atomic E-state index is 10.6. The van der Waals surface area contributed by atoms with Gasteiger partial charge in [0.1, 0.15) is 0 Å². The van der Waals surface area contributed by atoms with E-state index in [0.29, 0.717) is 12.5 Å². The normalized spacial score (nSPS) is 23.9. The summed E-state index contributed by atoms with van der Waals surface area (Å²) >= 11 is 0. The second-order valence-electron chi connectivity index (χ2n) is 3.79. The Kier molecular flexibility index (Phi) is 2.53. The molecule has 14 heavy (non-hydrogen) atoms. The molecular formula is C12H14O2. The van der Waals surface area contributed by atoms with E-state index in [4.69, 9.17) is 4.74 Å². The largest absolute Gasteiger partial charge is 0.465 e. The van der Waals surface area contributed by atoms with Crippen LogP contribution in [0.15, 0.2) is 35.5 Å². The van der Waals surface area contributed by atoms with Gasteiger partial charge in [0.25, 0.3) is 0 Å². The average molecular weight is 190 g/mol. The van der Waals surface area contributed by atoms with Gasteiger partial charge in [-0.25, -0.2) is 0 Å². The molecule has 1 atom stereocenters. The summed E-state index contributed by atoms with van der Waals surface area (Å²) in [7, 11) is 0. The lowest BCUT2D eigenvalue weighted by Crippen LogP contribution is -2.13. The molecule has 74 valence electrons. The van der Waals surface area contributed by atoms with Crippen molar-refractivity contribution < 1.29 is 9.53 Å². The molecule has 1 unspecified atom stereocenters. The van der Waals surface area contributed by atoms with Crippen LogP contribution in [0.3, 0.4) is 0 Å². The third kappa shape index (κ3) is 1.95. The van der Waals surface area contributed by atoms with E-state index in [1.54, 1.807) is 0 Å². The monoisotopic (exact) mass is 190 g/mol. The fraction of sp³-hybridized carbons (Fsp3) is 0.417. The lowest BCUT2D eigenvalue weighted by atomic mass is 9.91. The second-order valence-corrected chi connectivity index (χ2v) is 3.79. The van der Waals surface area contributed by atoms with Crippen molar-refractivity contribution in [2.24, 2.45) is 5.92 Å². The van der Waals surface area contributed by atoms with Gasteiger partial charge in [-0.15, -0.1) is 0 Å². The summed E-state index contributed by atoms with van der Waals surface area (Å²) in [6.07, 6.45) is 10.7. The summed E-state index contributed by atoms with van der Waals surface area (Å²) in [5.41, 5.74) is 2.83. The van der Waals surface area contributed by atoms with Crippen molar-refractivity contribution >= 4 is 5.97 Å². The van der Waals surface area contributed by atoms with Crippen LogP contribution in [0.4, 0.5) is 0 Å². The number of rotatable bonds is 2. The molecule has 0 amide bonds. The molecule has 0 saturated carbocycles. The molecule has 0 radical (unpaired) electrons. The lowest BCUT2D eigenvalue weighted by Gasteiger charge is -2.18. The first-order chi connectivity index (χ1) is 6.75. The van der Waals surface area contributed by atoms with Gasteiger partial charge >= 0.3 is 5.97 Å². The van der Waals surface area contributed by atoms with Crippen LogP contribution < -0.4 is 0 Å². The van der Waals surface area contributed by atoms with Crippen LogP contribution in [0.25, 0.3) is 0 Å². The van der Waals surface area contributed by atoms with E-state index in [-0.39, 0.29) is 5.97 Å². The molecule has 0 saturated heterocycles. The molecular weight excluding hydrogens is 176 g/mol. The van der Waals surface area contributed by atoms with Gasteiger partial charge in [-0.2, -0.15) is 0 Å². The Morgan fingerprint density at radius 2 is 2.43 bits per heavy atom. The van der Waals surface area contributed by atoms with Crippen molar-refractivity contribution in [1.82, 2.24) is 0 Å². The molecule has 0 fully saturated rings. The molecule has 0 bridgehead atoms. The van der Waals surface area contributed by atoms with Crippen molar-refractivity contribution in [1.29, 1.82) is 0 Å². The summed E-state index contributed by atoms with van der Waals surface area (Å²) in [5, 5.41) is 0. The van der Waals surface area contributed by atoms with Crippen molar-refractivity contribution in [3.63, 3.8) is 0 Å². The number of carbonyl (C=O) groups is 1. The Labute approximate surface area is 83.9 Å². The predicted octanol–water partition coefficient (Wildman–Crippen LogP) is 2.38. The van der Waals surface area contributed by atoms with Crippen molar-refractivity contribution in [2.75, 3.05) is 6.61 Å². The molecule has 0 aromatic rings. The molecule has 2 aliphatic carbocycles. The summed E-state index contributed by atoms with van der Waals surface area (Å²) in [6.45, 7) is 1.97. The van der Waals surface area contributed by atoms with E-state index in [0.717, 1.165) is 12.8 Å². The third-order valence-electron chi connectivity index (χ3n) is 2.63. The minimum absolute atomic E-state index is 0.192. The Bertz CT molecular complexity index is 334. The molecule has 0 aliphatic heterocycles. The molecule has 2 heteroatoms. The smallest absolute Gasteiger partial charge is 0.302 e. The van der Waals surface area contributed by atoms with Crippen molar-refractivity contribution in [2.45, 2.75) is 19.8 Å². The number of esters is 1. The van der Waals surface area contributed by atoms with Crippen LogP contribution >= 0.6 is 0 Å². The summed E-state index contributed by atoms with van der Waals surface area (Å²) in [4.78, 5) is 10.6. The van der Waals surface area contributed by atoms with Crippen LogP contribution in [-0.4, -0.2) is 12.6 Å². The Hall–Kier alpha value is -1.31. The first-order valence-electron chi connectivity index (χ1n) is 4.96. The number of ether oxygens (including phenoxy) is 1. The van der Waals surface area contributed by atoms with Gasteiger partial charge in [0.15, 0.2) is 0 Å². The molecule has 0 spiro atoms. The van der Waals surface area contributed by atoms with Crippen LogP contribution in [0.5, 0.6) is 0 Å². The van der Waals surface area contributed by atoms with Gasteiger partial charge in [-0.3, -0.25) is 4.79 Å². The fourth-order valence-electron chi connectivity index (χ4n) is 1.90. The SMILES string of the molecule is CC(=O)OCC1C=CC2=C(CC=C2)C1. The number of carbonyl (C=O) groups excluding carboxylic acids is 1. The maximum absolute atomic E-state index is 10.6. The highest BCUT2D eigenvalue weighted by molar-refractivity contribution is 5.65. The van der Waals surface area contributed by atoms with Gasteiger partial charge in [0.05, 0.1) is 6.61 Å². The van der Waals surface area contributed by atoms with Crippen LogP contribution in [0.1, 0.15) is 19.8 Å². The lowest BCUT2D eigenvalue weighted by molar-refractivity contribution is -0.141. The summed E-state index contributed by atoms with van der Waals surface area (Å²) < 4.78 is 5.00. The molecule has 0 heterocycles. The minimum Gasteiger partial charge on any atom is -0.465 e. The standard InChI is InChI=1S/C12H14O2/c1-9(13)14-8-10-5-6-11-3-2-4-12(11)7-10/h2-3,5-6,10H,4,7-8H2,1H3. The van der Waals surface area contributed by atoms with Gasteiger partial charge < -0.3 is 4.74 Å². The minimum atomic E-state index is -0.192. The number of hydrogen-bond donors (Lipinski definition) is 0. The summed E-state index contributed by atoms with van der Waals surface area (Å²) in [5.74, 6) is 0.181. The van der Waals surface area contributed by atoms with E-state index in [9.17, 15) is 4.79 Å². The fourth-order valence-corrected chi connectivity index (χ4v) is 1.90. The molecule has 0 N–H and O–H groups in total. The molecule has 2 aliphatic rings. The summed E-state index contributed by atoms with van der Waals surface area (Å²) in [6, 6.07) is 0. The van der Waals surface area contributed by atoms with E-state index in [2.05, 4.69) is 24.3 Å². The highest BCUT2D eigenvalue weighted by atomic mass is 16.5. The van der Waals surface area contributed by atoms with Crippen LogP contribution in [0.2, 0.25) is 0 Å². The topological polar surface area (TPSA) is 26.3 Å². The predicted molar refractivity (Wildman–Crippen MR) is 54.7 cm³/mol. The number of hydrogen-bond acceptors (Lipinski definition) is 2. The third-order valence-corrected chi connectivity index (χ3v) is 2.63.